The van der Waals surface area contributed by atoms with Gasteiger partial charge in [-0.25, -0.2) is 0 Å². The Morgan fingerprint density at radius 3 is 3.14 bits per heavy atom. The van der Waals surface area contributed by atoms with E-state index in [9.17, 15) is 4.79 Å². The van der Waals surface area contributed by atoms with E-state index in [0.29, 0.717) is 10.6 Å². The summed E-state index contributed by atoms with van der Waals surface area (Å²) in [6.45, 7) is 1.74. The predicted molar refractivity (Wildman–Crippen MR) is 57.5 cm³/mol. The lowest BCUT2D eigenvalue weighted by Crippen LogP contribution is -2.21. The van der Waals surface area contributed by atoms with E-state index in [4.69, 9.17) is 16.9 Å². The van der Waals surface area contributed by atoms with E-state index >= 15 is 0 Å². The molecule has 0 bridgehead atoms. The first-order valence-electron chi connectivity index (χ1n) is 4.03. The lowest BCUT2D eigenvalue weighted by molar-refractivity contribution is -0.118. The number of amides is 1. The van der Waals surface area contributed by atoms with Crippen molar-refractivity contribution in [3.63, 3.8) is 0 Å². The summed E-state index contributed by atoms with van der Waals surface area (Å²) in [5.41, 5.74) is 0.491. The smallest absolute Gasteiger partial charge is 0.229 e. The number of carbonyl (C=O) groups is 1. The second kappa shape index (κ2) is 4.99. The molecule has 1 N–H and O–H groups in total. The van der Waals surface area contributed by atoms with Crippen LogP contribution in [0.15, 0.2) is 11.4 Å². The van der Waals surface area contributed by atoms with Crippen LogP contribution in [0.3, 0.4) is 0 Å². The van der Waals surface area contributed by atoms with Crippen LogP contribution in [-0.4, -0.2) is 11.8 Å². The van der Waals surface area contributed by atoms with Gasteiger partial charge in [0, 0.05) is 11.8 Å². The number of hydrogen-bond donors (Lipinski definition) is 1. The van der Waals surface area contributed by atoms with Gasteiger partial charge < -0.3 is 5.32 Å². The molecule has 0 spiro atoms. The lowest BCUT2D eigenvalue weighted by atomic mass is 10.2. The first-order valence-corrected chi connectivity index (χ1v) is 5.45. The Morgan fingerprint density at radius 1 is 1.86 bits per heavy atom. The maximum atomic E-state index is 11.4. The largest absolute Gasteiger partial charge is 0.316 e. The van der Waals surface area contributed by atoms with Crippen molar-refractivity contribution in [2.75, 3.05) is 11.2 Å². The Hall–Kier alpha value is -1.05. The number of hydrogen-bond acceptors (Lipinski definition) is 3. The van der Waals surface area contributed by atoms with Crippen LogP contribution < -0.4 is 5.32 Å². The van der Waals surface area contributed by atoms with Gasteiger partial charge in [0.2, 0.25) is 5.91 Å². The van der Waals surface area contributed by atoms with Gasteiger partial charge in [-0.2, -0.15) is 5.26 Å². The molecule has 3 nitrogen and oxygen atoms in total. The quantitative estimate of drug-likeness (QED) is 0.808. The molecule has 0 aromatic carbocycles. The molecule has 0 radical (unpaired) electrons. The van der Waals surface area contributed by atoms with Crippen molar-refractivity contribution in [2.24, 2.45) is 5.92 Å². The van der Waals surface area contributed by atoms with Gasteiger partial charge in [-0.3, -0.25) is 4.79 Å². The highest BCUT2D eigenvalue weighted by Crippen LogP contribution is 2.22. The van der Waals surface area contributed by atoms with E-state index in [2.05, 4.69) is 5.32 Å². The van der Waals surface area contributed by atoms with E-state index in [-0.39, 0.29) is 17.7 Å². The number of carbonyl (C=O) groups excluding carboxylic acids is 1. The van der Waals surface area contributed by atoms with Crippen molar-refractivity contribution in [2.45, 2.75) is 6.92 Å². The first-order chi connectivity index (χ1) is 6.69. The Balaban J connectivity index is 2.70. The van der Waals surface area contributed by atoms with Crippen LogP contribution in [-0.2, 0) is 4.79 Å². The number of halogens is 1. The molecule has 1 heterocycles. The molecule has 0 saturated heterocycles. The highest BCUT2D eigenvalue weighted by atomic mass is 35.5. The molecule has 1 aromatic rings. The molecule has 5 heteroatoms. The predicted octanol–water partition coefficient (Wildman–Crippen LogP) is 2.43. The van der Waals surface area contributed by atoms with Crippen molar-refractivity contribution in [1.82, 2.24) is 0 Å². The number of nitrogens with one attached hydrogen (secondary N) is 1. The van der Waals surface area contributed by atoms with E-state index in [1.54, 1.807) is 18.4 Å². The number of thiophene rings is 1. The van der Waals surface area contributed by atoms with E-state index in [1.807, 2.05) is 6.07 Å². The topological polar surface area (TPSA) is 52.9 Å². The van der Waals surface area contributed by atoms with Gasteiger partial charge in [0.05, 0.1) is 5.56 Å². The molecule has 1 rings (SSSR count). The Kier molecular flexibility index (Phi) is 3.93. The molecule has 0 aliphatic rings. The second-order valence-corrected chi connectivity index (χ2v) is 4.04. The minimum atomic E-state index is -0.245. The second-order valence-electron chi connectivity index (χ2n) is 2.82. The molecule has 0 saturated carbocycles. The summed E-state index contributed by atoms with van der Waals surface area (Å²) in [5, 5.41) is 13.7. The Bertz CT molecular complexity index is 369. The highest BCUT2D eigenvalue weighted by Gasteiger charge is 2.13. The van der Waals surface area contributed by atoms with Crippen LogP contribution in [0.5, 0.6) is 0 Å². The van der Waals surface area contributed by atoms with E-state index in [1.165, 1.54) is 11.3 Å². The summed E-state index contributed by atoms with van der Waals surface area (Å²) in [5.74, 6) is -0.122. The van der Waals surface area contributed by atoms with Gasteiger partial charge in [0.1, 0.15) is 11.1 Å². The summed E-state index contributed by atoms with van der Waals surface area (Å²) < 4.78 is 0. The summed E-state index contributed by atoms with van der Waals surface area (Å²) in [7, 11) is 0. The van der Waals surface area contributed by atoms with Crippen molar-refractivity contribution >= 4 is 33.8 Å². The maximum absolute atomic E-state index is 11.4. The van der Waals surface area contributed by atoms with Gasteiger partial charge in [-0.05, 0) is 11.4 Å². The molecule has 1 atom stereocenters. The van der Waals surface area contributed by atoms with E-state index < -0.39 is 0 Å². The number of anilines is 1. The van der Waals surface area contributed by atoms with Crippen molar-refractivity contribution in [3.8, 4) is 6.07 Å². The fourth-order valence-electron chi connectivity index (χ4n) is 0.799. The SMILES string of the molecule is CC(CCl)C(=O)Nc1sccc1C#N. The monoisotopic (exact) mass is 228 g/mol. The van der Waals surface area contributed by atoms with Crippen LogP contribution in [0, 0.1) is 17.2 Å². The number of nitrogens with zero attached hydrogens (tertiary/aromatic N) is 1. The van der Waals surface area contributed by atoms with Crippen molar-refractivity contribution < 1.29 is 4.79 Å². The third-order valence-corrected chi connectivity index (χ3v) is 2.99. The van der Waals surface area contributed by atoms with Crippen LogP contribution in [0.4, 0.5) is 5.00 Å². The van der Waals surface area contributed by atoms with Crippen LogP contribution >= 0.6 is 22.9 Å². The average molecular weight is 229 g/mol. The molecular formula is C9H9ClN2OS. The van der Waals surface area contributed by atoms with Gasteiger partial charge in [0.25, 0.3) is 0 Å². The fraction of sp³-hybridized carbons (Fsp3) is 0.333. The zero-order valence-corrected chi connectivity index (χ0v) is 9.15. The molecular weight excluding hydrogens is 220 g/mol. The van der Waals surface area contributed by atoms with Gasteiger partial charge in [0.15, 0.2) is 0 Å². The molecule has 0 aliphatic carbocycles. The third kappa shape index (κ3) is 2.47. The zero-order chi connectivity index (χ0) is 10.6. The minimum Gasteiger partial charge on any atom is -0.316 e. The van der Waals surface area contributed by atoms with E-state index in [0.717, 1.165) is 0 Å². The third-order valence-electron chi connectivity index (χ3n) is 1.70. The first kappa shape index (κ1) is 11.0. The molecule has 0 aliphatic heterocycles. The summed E-state index contributed by atoms with van der Waals surface area (Å²) in [4.78, 5) is 11.4. The molecule has 1 aromatic heterocycles. The standard InChI is InChI=1S/C9H9ClN2OS/c1-6(4-10)8(13)12-9-7(5-11)2-3-14-9/h2-3,6H,4H2,1H3,(H,12,13). The van der Waals surface area contributed by atoms with Crippen molar-refractivity contribution in [1.29, 1.82) is 5.26 Å². The molecule has 1 amide bonds. The molecule has 14 heavy (non-hydrogen) atoms. The average Bonchev–Trinajstić information content (AvgIpc) is 2.63. The molecule has 74 valence electrons. The van der Waals surface area contributed by atoms with Crippen LogP contribution in [0.25, 0.3) is 0 Å². The number of nitriles is 1. The van der Waals surface area contributed by atoms with Crippen LogP contribution in [0.2, 0.25) is 0 Å². The highest BCUT2D eigenvalue weighted by molar-refractivity contribution is 7.14. The summed E-state index contributed by atoms with van der Waals surface area (Å²) in [6, 6.07) is 3.67. The lowest BCUT2D eigenvalue weighted by Gasteiger charge is -2.07. The fourth-order valence-corrected chi connectivity index (χ4v) is 1.68. The maximum Gasteiger partial charge on any atom is 0.229 e. The van der Waals surface area contributed by atoms with Gasteiger partial charge in [-0.15, -0.1) is 22.9 Å². The zero-order valence-electron chi connectivity index (χ0n) is 7.58. The summed E-state index contributed by atoms with van der Waals surface area (Å²) >= 11 is 6.87. The normalized spacial score (nSPS) is 11.8. The number of alkyl halides is 1. The Morgan fingerprint density at radius 2 is 2.57 bits per heavy atom. The van der Waals surface area contributed by atoms with Gasteiger partial charge in [-0.1, -0.05) is 6.92 Å². The van der Waals surface area contributed by atoms with Gasteiger partial charge >= 0.3 is 0 Å². The summed E-state index contributed by atoms with van der Waals surface area (Å²) in [6.07, 6.45) is 0. The Labute approximate surface area is 91.3 Å². The molecule has 0 fully saturated rings. The van der Waals surface area contributed by atoms with Crippen LogP contribution in [0.1, 0.15) is 12.5 Å². The number of rotatable bonds is 3. The minimum absolute atomic E-state index is 0.154. The van der Waals surface area contributed by atoms with Crippen molar-refractivity contribution in [3.05, 3.63) is 17.0 Å². The molecule has 1 unspecified atom stereocenters.